The largest absolute Gasteiger partial charge is 0.485 e. The summed E-state index contributed by atoms with van der Waals surface area (Å²) in [4.78, 5) is 24.5. The van der Waals surface area contributed by atoms with E-state index in [0.717, 1.165) is 4.68 Å². The van der Waals surface area contributed by atoms with Gasteiger partial charge in [0.1, 0.15) is 12.1 Å². The van der Waals surface area contributed by atoms with Crippen LogP contribution >= 0.6 is 0 Å². The quantitative estimate of drug-likeness (QED) is 0.660. The molecule has 8 nitrogen and oxygen atoms in total. The molecule has 1 unspecified atom stereocenters. The summed E-state index contributed by atoms with van der Waals surface area (Å²) >= 11 is 0. The molecule has 0 radical (unpaired) electrons. The molecule has 25 heavy (non-hydrogen) atoms. The lowest BCUT2D eigenvalue weighted by molar-refractivity contribution is -0.159. The van der Waals surface area contributed by atoms with Crippen LogP contribution in [0.5, 0.6) is 11.5 Å². The van der Waals surface area contributed by atoms with Gasteiger partial charge in [-0.2, -0.15) is 4.68 Å². The van der Waals surface area contributed by atoms with Gasteiger partial charge < -0.3 is 14.2 Å². The predicted octanol–water partition coefficient (Wildman–Crippen LogP) is 1.13. The van der Waals surface area contributed by atoms with Crippen molar-refractivity contribution in [3.05, 3.63) is 58.9 Å². The summed E-state index contributed by atoms with van der Waals surface area (Å²) in [5.74, 6) is 0.401. The molecule has 1 aliphatic rings. The van der Waals surface area contributed by atoms with Gasteiger partial charge in [-0.25, -0.2) is 4.79 Å². The van der Waals surface area contributed by atoms with E-state index in [-0.39, 0.29) is 18.9 Å². The zero-order valence-electron chi connectivity index (χ0n) is 13.0. The summed E-state index contributed by atoms with van der Waals surface area (Å²) < 4.78 is 17.1. The molecule has 2 heterocycles. The molecule has 0 aliphatic carbocycles. The third-order valence-corrected chi connectivity index (χ3v) is 3.73. The van der Waals surface area contributed by atoms with Gasteiger partial charge in [-0.15, -0.1) is 5.10 Å². The van der Waals surface area contributed by atoms with Gasteiger partial charge in [-0.1, -0.05) is 29.5 Å². The Labute approximate surface area is 141 Å². The van der Waals surface area contributed by atoms with Crippen LogP contribution in [0.2, 0.25) is 0 Å². The topological polar surface area (TPSA) is 92.5 Å². The summed E-state index contributed by atoms with van der Waals surface area (Å²) in [6.07, 6.45) is -0.904. The van der Waals surface area contributed by atoms with Crippen molar-refractivity contribution in [1.82, 2.24) is 15.0 Å². The SMILES string of the molecule is O=C(OCn1nnc2ccccc2c1=O)C1COc2ccccc2O1. The number of rotatable bonds is 3. The zero-order chi connectivity index (χ0) is 17.2. The van der Waals surface area contributed by atoms with E-state index in [4.69, 9.17) is 14.2 Å². The van der Waals surface area contributed by atoms with Crippen LogP contribution in [0.25, 0.3) is 10.9 Å². The van der Waals surface area contributed by atoms with E-state index in [1.165, 1.54) is 0 Å². The maximum atomic E-state index is 12.3. The maximum absolute atomic E-state index is 12.3. The highest BCUT2D eigenvalue weighted by atomic mass is 16.6. The van der Waals surface area contributed by atoms with Gasteiger partial charge in [-0.3, -0.25) is 4.79 Å². The van der Waals surface area contributed by atoms with E-state index in [2.05, 4.69) is 10.3 Å². The van der Waals surface area contributed by atoms with Crippen molar-refractivity contribution in [2.45, 2.75) is 12.8 Å². The van der Waals surface area contributed by atoms with Gasteiger partial charge in [0.15, 0.2) is 18.2 Å². The summed E-state index contributed by atoms with van der Waals surface area (Å²) in [6.45, 7) is -0.314. The number of aromatic nitrogens is 3. The van der Waals surface area contributed by atoms with Crippen LogP contribution in [0.1, 0.15) is 0 Å². The van der Waals surface area contributed by atoms with Crippen molar-refractivity contribution in [1.29, 1.82) is 0 Å². The van der Waals surface area contributed by atoms with Crippen molar-refractivity contribution >= 4 is 16.9 Å². The average Bonchev–Trinajstić information content (AvgIpc) is 2.67. The van der Waals surface area contributed by atoms with Gasteiger partial charge in [0, 0.05) is 0 Å². The van der Waals surface area contributed by atoms with E-state index < -0.39 is 12.1 Å². The fourth-order valence-corrected chi connectivity index (χ4v) is 2.46. The molecule has 4 rings (SSSR count). The van der Waals surface area contributed by atoms with Crippen molar-refractivity contribution in [2.75, 3.05) is 6.61 Å². The summed E-state index contributed by atoms with van der Waals surface area (Å²) in [5, 5.41) is 8.09. The molecule has 0 saturated heterocycles. The molecule has 0 amide bonds. The van der Waals surface area contributed by atoms with Crippen molar-refractivity contribution in [3.8, 4) is 11.5 Å². The van der Waals surface area contributed by atoms with Crippen LogP contribution in [-0.4, -0.2) is 33.7 Å². The lowest BCUT2D eigenvalue weighted by atomic mass is 10.2. The molecule has 0 fully saturated rings. The number of ether oxygens (including phenoxy) is 3. The molecule has 0 saturated carbocycles. The average molecular weight is 339 g/mol. The molecule has 0 spiro atoms. The monoisotopic (exact) mass is 339 g/mol. The summed E-state index contributed by atoms with van der Waals surface area (Å²) in [6, 6.07) is 13.9. The minimum atomic E-state index is -0.904. The molecule has 126 valence electrons. The predicted molar refractivity (Wildman–Crippen MR) is 86.2 cm³/mol. The minimum Gasteiger partial charge on any atom is -0.485 e. The summed E-state index contributed by atoms with van der Waals surface area (Å²) in [7, 11) is 0. The Balaban J connectivity index is 1.46. The Morgan fingerprint density at radius 1 is 1.16 bits per heavy atom. The van der Waals surface area contributed by atoms with Gasteiger partial charge in [0.25, 0.3) is 5.56 Å². The molecule has 0 N–H and O–H groups in total. The highest BCUT2D eigenvalue weighted by Crippen LogP contribution is 2.31. The smallest absolute Gasteiger partial charge is 0.352 e. The Hall–Kier alpha value is -3.42. The van der Waals surface area contributed by atoms with E-state index >= 15 is 0 Å². The van der Waals surface area contributed by atoms with E-state index in [1.807, 2.05) is 6.07 Å². The highest BCUT2D eigenvalue weighted by molar-refractivity contribution is 5.77. The lowest BCUT2D eigenvalue weighted by Gasteiger charge is -2.24. The number of benzene rings is 2. The molecule has 1 atom stereocenters. The van der Waals surface area contributed by atoms with Crippen molar-refractivity contribution in [2.24, 2.45) is 0 Å². The minimum absolute atomic E-state index is 0.0359. The lowest BCUT2D eigenvalue weighted by Crippen LogP contribution is -2.39. The molecular formula is C17H13N3O5. The number of nitrogens with zero attached hydrogens (tertiary/aromatic N) is 3. The molecule has 3 aromatic rings. The van der Waals surface area contributed by atoms with E-state index in [9.17, 15) is 9.59 Å². The number of carbonyl (C=O) groups is 1. The fourth-order valence-electron chi connectivity index (χ4n) is 2.46. The Morgan fingerprint density at radius 2 is 1.92 bits per heavy atom. The standard InChI is InChI=1S/C17H13N3O5/c21-16-11-5-1-2-6-12(11)18-19-20(16)10-24-17(22)15-9-23-13-7-3-4-8-14(13)25-15/h1-8,15H,9-10H2. The zero-order valence-corrected chi connectivity index (χ0v) is 13.0. The molecule has 1 aromatic heterocycles. The molecular weight excluding hydrogens is 326 g/mol. The molecule has 1 aliphatic heterocycles. The third kappa shape index (κ3) is 2.89. The number of carbonyl (C=O) groups excluding carboxylic acids is 1. The Morgan fingerprint density at radius 3 is 2.80 bits per heavy atom. The van der Waals surface area contributed by atoms with Gasteiger partial charge in [0.05, 0.1) is 5.39 Å². The maximum Gasteiger partial charge on any atom is 0.352 e. The third-order valence-electron chi connectivity index (χ3n) is 3.73. The van der Waals surface area contributed by atoms with Crippen LogP contribution in [-0.2, 0) is 16.3 Å². The Kier molecular flexibility index (Phi) is 3.77. The van der Waals surface area contributed by atoms with Crippen molar-refractivity contribution < 1.29 is 19.0 Å². The number of para-hydroxylation sites is 2. The van der Waals surface area contributed by atoms with Crippen LogP contribution < -0.4 is 15.0 Å². The molecule has 0 bridgehead atoms. The van der Waals surface area contributed by atoms with Crippen LogP contribution in [0, 0.1) is 0 Å². The second-order valence-corrected chi connectivity index (χ2v) is 5.37. The normalized spacial score (nSPS) is 15.8. The van der Waals surface area contributed by atoms with Gasteiger partial charge >= 0.3 is 5.97 Å². The first-order valence-corrected chi connectivity index (χ1v) is 7.60. The highest BCUT2D eigenvalue weighted by Gasteiger charge is 2.28. The first-order valence-electron chi connectivity index (χ1n) is 7.60. The van der Waals surface area contributed by atoms with Crippen molar-refractivity contribution in [3.63, 3.8) is 0 Å². The van der Waals surface area contributed by atoms with E-state index in [1.54, 1.807) is 42.5 Å². The first kappa shape index (κ1) is 15.1. The Bertz CT molecular complexity index is 1000. The number of hydrogen-bond donors (Lipinski definition) is 0. The van der Waals surface area contributed by atoms with E-state index in [0.29, 0.717) is 22.4 Å². The second kappa shape index (κ2) is 6.23. The van der Waals surface area contributed by atoms with Crippen LogP contribution in [0.15, 0.2) is 53.3 Å². The number of hydrogen-bond acceptors (Lipinski definition) is 7. The second-order valence-electron chi connectivity index (χ2n) is 5.37. The first-order chi connectivity index (χ1) is 12.2. The fraction of sp³-hybridized carbons (Fsp3) is 0.176. The summed E-state index contributed by atoms with van der Waals surface area (Å²) in [5.41, 5.74) is 0.0975. The number of esters is 1. The molecule has 2 aromatic carbocycles. The van der Waals surface area contributed by atoms with Gasteiger partial charge in [-0.05, 0) is 24.3 Å². The molecule has 8 heteroatoms. The number of fused-ring (bicyclic) bond motifs is 2. The van der Waals surface area contributed by atoms with Gasteiger partial charge in [0.2, 0.25) is 6.10 Å². The van der Waals surface area contributed by atoms with Crippen LogP contribution in [0.4, 0.5) is 0 Å². The van der Waals surface area contributed by atoms with Crippen LogP contribution in [0.3, 0.4) is 0 Å².